The molecule has 0 bridgehead atoms. The molecule has 2 N–H and O–H groups in total. The molecule has 1 heterocycles. The Morgan fingerprint density at radius 1 is 1.57 bits per heavy atom. The van der Waals surface area contributed by atoms with Gasteiger partial charge < -0.3 is 15.1 Å². The van der Waals surface area contributed by atoms with Crippen LogP contribution < -0.4 is 0 Å². The van der Waals surface area contributed by atoms with Crippen molar-refractivity contribution >= 4 is 0 Å². The number of ether oxygens (including phenoxy) is 1. The summed E-state index contributed by atoms with van der Waals surface area (Å²) < 4.78 is 5.17. The van der Waals surface area contributed by atoms with Gasteiger partial charge in [-0.3, -0.25) is 4.90 Å². The molecule has 1 fully saturated rings. The maximum absolute atomic E-state index is 8.80. The third kappa shape index (κ3) is 6.58. The topological polar surface area (TPSA) is 96.1 Å². The molecule has 0 aromatic rings. The molecule has 1 rings (SSSR count). The molecule has 0 aromatic heterocycles. The number of rotatable bonds is 2. The molecule has 7 nitrogen and oxygen atoms in total. The normalized spacial score (nSPS) is 19.3. The Hall–Kier alpha value is -0.920. The summed E-state index contributed by atoms with van der Waals surface area (Å²) in [6, 6.07) is 0.295. The van der Waals surface area contributed by atoms with Gasteiger partial charge in [-0.1, -0.05) is 0 Å². The fraction of sp³-hybridized carbons (Fsp3) is 1.00. The van der Waals surface area contributed by atoms with Gasteiger partial charge in [0, 0.05) is 19.1 Å². The summed E-state index contributed by atoms with van der Waals surface area (Å²) in [5, 5.41) is 22.4. The minimum atomic E-state index is -1.50. The predicted octanol–water partition coefficient (Wildman–Crippen LogP) is -0.648. The Morgan fingerprint density at radius 3 is 2.36 bits per heavy atom. The van der Waals surface area contributed by atoms with Crippen molar-refractivity contribution in [1.29, 1.82) is 0 Å². The van der Waals surface area contributed by atoms with Crippen LogP contribution in [0.25, 0.3) is 0 Å². The van der Waals surface area contributed by atoms with E-state index >= 15 is 0 Å². The monoisotopic (exact) mass is 208 g/mol. The average molecular weight is 208 g/mol. The number of hydrogen-bond donors (Lipinski definition) is 2. The minimum Gasteiger partial charge on any atom is -0.395 e. The minimum absolute atomic E-state index is 0.250. The Bertz CT molecular complexity index is 156. The van der Waals surface area contributed by atoms with Crippen LogP contribution in [0.3, 0.4) is 0 Å². The highest BCUT2D eigenvalue weighted by molar-refractivity contribution is 4.68. The highest BCUT2D eigenvalue weighted by Gasteiger charge is 2.15. The molecule has 7 heteroatoms. The van der Waals surface area contributed by atoms with Gasteiger partial charge in [0.2, 0.25) is 0 Å². The maximum atomic E-state index is 8.80. The second-order valence-electron chi connectivity index (χ2n) is 2.92. The van der Waals surface area contributed by atoms with Crippen molar-refractivity contribution in [3.05, 3.63) is 10.1 Å². The van der Waals surface area contributed by atoms with Crippen molar-refractivity contribution in [2.45, 2.75) is 13.0 Å². The van der Waals surface area contributed by atoms with Gasteiger partial charge in [-0.05, 0) is 6.92 Å². The Kier molecular flexibility index (Phi) is 6.99. The molecule has 1 atom stereocenters. The molecule has 0 radical (unpaired) electrons. The van der Waals surface area contributed by atoms with Gasteiger partial charge in [0.15, 0.2) is 0 Å². The van der Waals surface area contributed by atoms with Crippen molar-refractivity contribution in [1.82, 2.24) is 4.90 Å². The number of nitrogens with zero attached hydrogens (tertiary/aromatic N) is 2. The molecule has 0 aromatic carbocycles. The van der Waals surface area contributed by atoms with Crippen molar-refractivity contribution in [2.24, 2.45) is 0 Å². The van der Waals surface area contributed by atoms with E-state index < -0.39 is 5.09 Å². The van der Waals surface area contributed by atoms with Crippen LogP contribution in [-0.4, -0.2) is 59.3 Å². The molecule has 14 heavy (non-hydrogen) atoms. The largest absolute Gasteiger partial charge is 0.395 e. The molecule has 1 unspecified atom stereocenters. The smallest absolute Gasteiger partial charge is 0.291 e. The van der Waals surface area contributed by atoms with Gasteiger partial charge in [0.1, 0.15) is 0 Å². The second-order valence-corrected chi connectivity index (χ2v) is 2.92. The zero-order valence-corrected chi connectivity index (χ0v) is 8.13. The fourth-order valence-corrected chi connectivity index (χ4v) is 1.13. The first-order chi connectivity index (χ1) is 6.57. The third-order valence-corrected chi connectivity index (χ3v) is 1.93. The lowest BCUT2D eigenvalue weighted by Crippen LogP contribution is -2.43. The molecule has 84 valence electrons. The van der Waals surface area contributed by atoms with E-state index in [1.165, 1.54) is 0 Å². The number of aliphatic hydroxyl groups is 1. The number of morpholine rings is 1. The van der Waals surface area contributed by atoms with Crippen molar-refractivity contribution in [2.75, 3.05) is 32.9 Å². The molecule has 0 amide bonds. The molecule has 0 spiro atoms. The first-order valence-corrected chi connectivity index (χ1v) is 4.33. The van der Waals surface area contributed by atoms with Gasteiger partial charge in [0.05, 0.1) is 19.8 Å². The van der Waals surface area contributed by atoms with E-state index in [-0.39, 0.29) is 6.61 Å². The summed E-state index contributed by atoms with van der Waals surface area (Å²) in [6.45, 7) is 5.82. The molecular weight excluding hydrogens is 192 g/mol. The van der Waals surface area contributed by atoms with Crippen LogP contribution >= 0.6 is 0 Å². The summed E-state index contributed by atoms with van der Waals surface area (Å²) in [5.74, 6) is 0. The third-order valence-electron chi connectivity index (χ3n) is 1.93. The summed E-state index contributed by atoms with van der Waals surface area (Å²) in [6.07, 6.45) is 0. The van der Waals surface area contributed by atoms with Gasteiger partial charge >= 0.3 is 0 Å². The first-order valence-electron chi connectivity index (χ1n) is 4.33. The average Bonchev–Trinajstić information content (AvgIpc) is 2.17. The van der Waals surface area contributed by atoms with Crippen molar-refractivity contribution < 1.29 is 20.1 Å². The van der Waals surface area contributed by atoms with E-state index in [4.69, 9.17) is 25.2 Å². The van der Waals surface area contributed by atoms with Crippen LogP contribution in [0.2, 0.25) is 0 Å². The van der Waals surface area contributed by atoms with Crippen LogP contribution in [0, 0.1) is 10.1 Å². The molecule has 0 aliphatic carbocycles. The van der Waals surface area contributed by atoms with E-state index in [0.717, 1.165) is 26.3 Å². The van der Waals surface area contributed by atoms with Gasteiger partial charge in [-0.15, -0.1) is 10.1 Å². The molecule has 1 saturated heterocycles. The van der Waals surface area contributed by atoms with Crippen LogP contribution in [-0.2, 0) is 4.74 Å². The standard InChI is InChI=1S/C7H15NO2.HNO3/c1-7(6-9)8-2-4-10-5-3-8;2-1(3)4/h7,9H,2-6H2,1H3;(H,2,3,4). The lowest BCUT2D eigenvalue weighted by atomic mass is 10.3. The van der Waals surface area contributed by atoms with E-state index in [2.05, 4.69) is 4.90 Å². The van der Waals surface area contributed by atoms with Crippen LogP contribution in [0.4, 0.5) is 0 Å². The fourth-order valence-electron chi connectivity index (χ4n) is 1.13. The highest BCUT2D eigenvalue weighted by atomic mass is 16.9. The Labute approximate surface area is 82.0 Å². The Morgan fingerprint density at radius 2 is 2.00 bits per heavy atom. The molecular formula is C7H16N2O5. The first kappa shape index (κ1) is 13.1. The Balaban J connectivity index is 0.000000364. The van der Waals surface area contributed by atoms with Crippen LogP contribution in [0.5, 0.6) is 0 Å². The summed E-state index contributed by atoms with van der Waals surface area (Å²) in [7, 11) is 0. The highest BCUT2D eigenvalue weighted by Crippen LogP contribution is 2.01. The van der Waals surface area contributed by atoms with Crippen LogP contribution in [0.15, 0.2) is 0 Å². The van der Waals surface area contributed by atoms with E-state index in [0.29, 0.717) is 6.04 Å². The maximum Gasteiger partial charge on any atom is 0.291 e. The predicted molar refractivity (Wildman–Crippen MR) is 47.7 cm³/mol. The van der Waals surface area contributed by atoms with E-state index in [9.17, 15) is 0 Å². The van der Waals surface area contributed by atoms with E-state index in [1.807, 2.05) is 6.92 Å². The van der Waals surface area contributed by atoms with Crippen molar-refractivity contribution in [3.63, 3.8) is 0 Å². The number of aliphatic hydroxyl groups excluding tert-OH is 1. The van der Waals surface area contributed by atoms with Crippen LogP contribution in [0.1, 0.15) is 6.92 Å². The summed E-state index contributed by atoms with van der Waals surface area (Å²) in [4.78, 5) is 10.6. The zero-order chi connectivity index (χ0) is 11.0. The lowest BCUT2D eigenvalue weighted by Gasteiger charge is -2.30. The number of hydrogen-bond acceptors (Lipinski definition) is 5. The quantitative estimate of drug-likeness (QED) is 0.462. The van der Waals surface area contributed by atoms with Gasteiger partial charge in [-0.25, -0.2) is 0 Å². The SMILES string of the molecule is CC(CO)N1CCOCC1.O=[N+]([O-])O. The molecule has 1 aliphatic rings. The summed E-state index contributed by atoms with van der Waals surface area (Å²) >= 11 is 0. The van der Waals surface area contributed by atoms with Crippen molar-refractivity contribution in [3.8, 4) is 0 Å². The summed E-state index contributed by atoms with van der Waals surface area (Å²) in [5.41, 5.74) is 0. The lowest BCUT2D eigenvalue weighted by molar-refractivity contribution is -0.742. The van der Waals surface area contributed by atoms with Gasteiger partial charge in [-0.2, -0.15) is 0 Å². The molecule has 1 aliphatic heterocycles. The molecule has 0 saturated carbocycles. The zero-order valence-electron chi connectivity index (χ0n) is 8.13. The van der Waals surface area contributed by atoms with E-state index in [1.54, 1.807) is 0 Å². The second kappa shape index (κ2) is 7.48. The van der Waals surface area contributed by atoms with Gasteiger partial charge in [0.25, 0.3) is 5.09 Å².